The lowest BCUT2D eigenvalue weighted by atomic mass is 9.13. The molecule has 6 unspecified atom stereocenters. The van der Waals surface area contributed by atoms with Crippen molar-refractivity contribution in [1.29, 1.82) is 15.8 Å². The molecule has 24 rings (SSSR count). The van der Waals surface area contributed by atoms with Crippen LogP contribution in [0.2, 0.25) is 0 Å². The third-order valence-electron chi connectivity index (χ3n) is 56.4. The summed E-state index contributed by atoms with van der Waals surface area (Å²) in [4.78, 5) is 84.8. The van der Waals surface area contributed by atoms with E-state index in [1.807, 2.05) is 46.0 Å². The van der Waals surface area contributed by atoms with Gasteiger partial charge in [-0.15, -0.1) is 0 Å². The fourth-order valence-electron chi connectivity index (χ4n) is 49.4. The molecule has 18 saturated carbocycles. The van der Waals surface area contributed by atoms with Crippen LogP contribution < -0.4 is 0 Å². The van der Waals surface area contributed by atoms with Crippen molar-refractivity contribution < 1.29 is 78.9 Å². The van der Waals surface area contributed by atoms with Gasteiger partial charge in [-0.05, 0) is 344 Å². The molecule has 8 N–H and O–H groups in total. The summed E-state index contributed by atoms with van der Waals surface area (Å²) in [7, 11) is 0. The van der Waals surface area contributed by atoms with E-state index in [0.29, 0.717) is 72.8 Å². The van der Waals surface area contributed by atoms with E-state index in [1.54, 1.807) is 0 Å². The minimum Gasteiger partial charge on any atom is -0.511 e. The van der Waals surface area contributed by atoms with Crippen LogP contribution >= 0.6 is 0 Å². The van der Waals surface area contributed by atoms with Gasteiger partial charge in [-0.3, -0.25) is 28.8 Å². The van der Waals surface area contributed by atoms with Crippen molar-refractivity contribution >= 4 is 34.7 Å². The minimum absolute atomic E-state index is 0.0175. The van der Waals surface area contributed by atoms with Gasteiger partial charge in [0.2, 0.25) is 0 Å². The molecule has 0 radical (unpaired) electrons. The second-order valence-corrected chi connectivity index (χ2v) is 65.3. The van der Waals surface area contributed by atoms with Crippen LogP contribution in [0.4, 0.5) is 0 Å². The summed E-state index contributed by atoms with van der Waals surface area (Å²) >= 11 is 0. The molecule has 1 saturated heterocycles. The Kier molecular flexibility index (Phi) is 24.2. The number of aromatic nitrogens is 1. The first kappa shape index (κ1) is 110. The molecule has 1 aromatic heterocycles. The number of nitriles is 3. The molecule has 3 spiro atoms. The van der Waals surface area contributed by atoms with E-state index >= 15 is 0 Å². The van der Waals surface area contributed by atoms with Crippen LogP contribution in [0.15, 0.2) is 45.4 Å². The number of aliphatic hydroxyl groups is 8. The molecule has 2 heterocycles. The molecule has 19 fully saturated rings. The summed E-state index contributed by atoms with van der Waals surface area (Å²) in [5, 5.41) is 120. The summed E-state index contributed by atoms with van der Waals surface area (Å²) in [5.41, 5.74) is -3.17. The Morgan fingerprint density at radius 1 is 0.387 bits per heavy atom. The van der Waals surface area contributed by atoms with E-state index < -0.39 is 51.0 Å². The Labute approximate surface area is 897 Å². The first-order valence-electron chi connectivity index (χ1n) is 59.7. The molecule has 826 valence electrons. The number of hydrogen-bond donors (Lipinski definition) is 8. The quantitative estimate of drug-likeness (QED) is 0.126. The lowest BCUT2D eigenvalue weighted by Crippen LogP contribution is -3.01. The number of aliphatic hydroxyl groups excluding tert-OH is 8. The average molecular weight is 2060 g/mol. The van der Waals surface area contributed by atoms with E-state index in [9.17, 15) is 85.4 Å². The van der Waals surface area contributed by atoms with E-state index in [4.69, 9.17) is 9.26 Å². The number of rotatable bonds is 7. The van der Waals surface area contributed by atoms with Crippen LogP contribution in [-0.4, -0.2) is 137 Å². The molecule has 20 nitrogen and oxygen atoms in total. The number of carbonyl (C=O) groups excluding carboxylic acids is 6. The fourth-order valence-corrected chi connectivity index (χ4v) is 49.4. The van der Waals surface area contributed by atoms with Gasteiger partial charge in [-0.1, -0.05) is 211 Å². The van der Waals surface area contributed by atoms with Crippen molar-refractivity contribution in [3.05, 3.63) is 52.2 Å². The summed E-state index contributed by atoms with van der Waals surface area (Å²) in [6, 6.07) is 6.74. The van der Waals surface area contributed by atoms with E-state index in [-0.39, 0.29) is 252 Å². The maximum atomic E-state index is 14.8. The highest BCUT2D eigenvalue weighted by molar-refractivity contribution is 6.05. The molecule has 38 atom stereocenters. The zero-order chi connectivity index (χ0) is 110. The molecule has 0 amide bonds. The summed E-state index contributed by atoms with van der Waals surface area (Å²) in [6.45, 7) is 63.4. The molecule has 150 heavy (non-hydrogen) atoms. The van der Waals surface area contributed by atoms with Crippen molar-refractivity contribution in [3.63, 3.8) is 0 Å². The molecular formula is C130H190N4O16. The Bertz CT molecular complexity index is 6060. The molecule has 1 aliphatic heterocycles. The topological polar surface area (TPSA) is 371 Å². The van der Waals surface area contributed by atoms with Crippen LogP contribution in [0.1, 0.15) is 417 Å². The summed E-state index contributed by atoms with van der Waals surface area (Å²) in [6.07, 6.45) is 34.2. The lowest BCUT2D eigenvalue weighted by molar-refractivity contribution is -0.560. The Balaban J connectivity index is 0.000000117. The van der Waals surface area contributed by atoms with Crippen molar-refractivity contribution in [2.45, 2.75) is 447 Å². The predicted molar refractivity (Wildman–Crippen MR) is 573 cm³/mol. The molecule has 1 aromatic rings. The van der Waals surface area contributed by atoms with Crippen LogP contribution in [-0.2, 0) is 45.3 Å². The van der Waals surface area contributed by atoms with Crippen LogP contribution in [0, 0.1) is 259 Å². The molecule has 0 bridgehead atoms. The second-order valence-electron chi connectivity index (χ2n) is 65.3. The number of Topliss-reactive ketones (excluding diaryl/α,β-unsaturated/α-hetero) is 6. The molecule has 23 aliphatic rings. The van der Waals surface area contributed by atoms with Gasteiger partial charge in [-0.25, -0.2) is 0 Å². The molecule has 20 heteroatoms. The SMILES string of the molecule is CC1(C)CC2(CO)C[C@@]34CC[C@@]5(C)[C@]6(C)CC[C@H]7C(C)(C)C(=O)C(C#N)=C[C@]7(C)[C@H]6CC(=O)[C@@]56OC(C1)(C23)[C@H]46.CC1(C)CC[C@]2(C(O)CO)CC[C@]3(C)[C@H](C(=O)C[C@@H]4[C@@]5(C)C=C(C#N)C(=O)C(C)(C)[C@@H]5CC[C@]43C)[C@@H]2C1.CC1(C)CC[C@]2(C(O)CO)CC[C@]3(C)[C@H](C(=O)C[C@@H]4[C@@]5(C)CC(C#N)=C(O)C(C)(C)[C@@H]5CC[C@]43C)[C@@H]2C1.CC1(C)CC[C@]2(C(O)CO)CC[C@]3(C)[C@H](C(=O)C[C@@H]4[C@@]5(C)Cc6cnoc6C(C)(C)[C@@H]5CC[C@]43C)[C@@H]2C1. The second kappa shape index (κ2) is 33.1. The first-order valence-corrected chi connectivity index (χ1v) is 59.7. The monoisotopic (exact) mass is 2060 g/mol. The number of fused-ring (bicyclic) bond motifs is 26. The normalized spacial score (nSPS) is 51.9. The van der Waals surface area contributed by atoms with Gasteiger partial charge in [0.25, 0.3) is 0 Å². The largest absolute Gasteiger partial charge is 0.511 e. The number of allylic oxidation sites excluding steroid dienone is 6. The van der Waals surface area contributed by atoms with Gasteiger partial charge in [0.1, 0.15) is 46.6 Å². The zero-order valence-corrected chi connectivity index (χ0v) is 97.2. The zero-order valence-electron chi connectivity index (χ0n) is 97.2. The summed E-state index contributed by atoms with van der Waals surface area (Å²) in [5.74, 6) is 4.70. The van der Waals surface area contributed by atoms with Gasteiger partial charge in [0.05, 0.1) is 72.7 Å². The maximum Gasteiger partial charge on any atom is 0.178 e. The number of carbonyl (C=O) groups is 6. The molecular weight excluding hydrogens is 1870 g/mol. The van der Waals surface area contributed by atoms with Crippen molar-refractivity contribution in [2.75, 3.05) is 26.4 Å². The maximum absolute atomic E-state index is 14.8. The molecule has 22 aliphatic carbocycles. The van der Waals surface area contributed by atoms with Gasteiger partial charge >= 0.3 is 0 Å². The third-order valence-corrected chi connectivity index (χ3v) is 56.4. The van der Waals surface area contributed by atoms with Crippen LogP contribution in [0.3, 0.4) is 0 Å². The number of hydrogen-bond acceptors (Lipinski definition) is 20. The predicted octanol–water partition coefficient (Wildman–Crippen LogP) is 23.9. The smallest absolute Gasteiger partial charge is 0.178 e. The first-order chi connectivity index (χ1) is 69.2. The highest BCUT2D eigenvalue weighted by atomic mass is 16.6. The Morgan fingerprint density at radius 2 is 0.767 bits per heavy atom. The number of ether oxygens (including phenoxy) is 1. The Morgan fingerprint density at radius 3 is 1.17 bits per heavy atom. The van der Waals surface area contributed by atoms with Gasteiger partial charge < -0.3 is 50.1 Å². The van der Waals surface area contributed by atoms with Crippen LogP contribution in [0.25, 0.3) is 0 Å². The van der Waals surface area contributed by atoms with Gasteiger partial charge in [0, 0.05) is 116 Å². The standard InChI is InChI=1S/C34H45NO4.2C32H49NO4.C32H47NO4/c1-26(2)15-31(18-36)17-32-11-10-30(7)29(6)9-8-20-27(3,4)23(38)19(14-35)13-28(20,5)21(29)12-22(37)34(30)25(32)33(16-26,39-34)24(31)32;1-27(2)10-12-32(24(36)18-34)13-11-31(7)25(20(32)16-27)21(35)14-23-29(5)15-19-17-33-37-26(19)28(3,4)22(29)8-9-30(23,31)6;2*1-27(2)10-12-32(24(36)18-34)13-11-31(7)25(20(32)16-27)21(35)14-23-29(5)15-19(17-33)26(37)28(3,4)22(29)8-9-30(23,31)6/h13,20-21,24-25,36H,8-12,15-18H2,1-7H3;17,20,22-25,34,36H,8-16,18H2,1-7H3;20,22-25,34,36-37H,8-16,18H2,1-7H3;15,20,22-25,34,36H,8-14,16,18H2,1-7H3/t20-,21+,24?,25-,28-,29+,30-,31?,32-,33?,34-;3*20-,22-,23+,24?,25-,29-,30+,31+,32-/m0000/s1. The van der Waals surface area contributed by atoms with Gasteiger partial charge in [0.15, 0.2) is 17.3 Å². The highest BCUT2D eigenvalue weighted by Crippen LogP contribution is 2.97. The minimum atomic E-state index is -0.795. The van der Waals surface area contributed by atoms with Crippen molar-refractivity contribution in [2.24, 2.45) is 225 Å². The Hall–Kier alpha value is -5.60. The summed E-state index contributed by atoms with van der Waals surface area (Å²) < 4.78 is 13.2. The van der Waals surface area contributed by atoms with E-state index in [2.05, 4.69) is 190 Å². The van der Waals surface area contributed by atoms with Crippen molar-refractivity contribution in [3.8, 4) is 18.2 Å². The third kappa shape index (κ3) is 13.2. The van der Waals surface area contributed by atoms with E-state index in [0.717, 1.165) is 192 Å². The number of ketones is 6. The highest BCUT2D eigenvalue weighted by Gasteiger charge is 3.00. The lowest BCUT2D eigenvalue weighted by Gasteiger charge is -2.96. The van der Waals surface area contributed by atoms with E-state index in [1.165, 1.54) is 5.56 Å². The fraction of sp³-hybridized carbons (Fsp3) is 0.862. The van der Waals surface area contributed by atoms with Crippen molar-refractivity contribution in [1.82, 2.24) is 5.16 Å². The number of nitrogens with zero attached hydrogens (tertiary/aromatic N) is 4. The van der Waals surface area contributed by atoms with Crippen LogP contribution in [0.5, 0.6) is 0 Å². The average Bonchev–Trinajstić information content (AvgIpc) is 0.587. The molecule has 0 aromatic carbocycles. The van der Waals surface area contributed by atoms with Gasteiger partial charge in [-0.2, -0.15) is 15.8 Å².